The number of rotatable bonds is 5. The lowest BCUT2D eigenvalue weighted by atomic mass is 10.1. The van der Waals surface area contributed by atoms with Crippen LogP contribution in [0.3, 0.4) is 0 Å². The van der Waals surface area contributed by atoms with Crippen LogP contribution in [0.4, 0.5) is 5.82 Å². The van der Waals surface area contributed by atoms with E-state index in [-0.39, 0.29) is 0 Å². The Labute approximate surface area is 99.8 Å². The van der Waals surface area contributed by atoms with Crippen LogP contribution in [0, 0.1) is 6.92 Å². The lowest BCUT2D eigenvalue weighted by Crippen LogP contribution is -2.16. The molecule has 4 heteroatoms. The molecule has 3 nitrogen and oxygen atoms in total. The monoisotopic (exact) mass is 271 g/mol. The molecule has 1 rings (SSSR count). The maximum Gasteiger partial charge on any atom is 0.131 e. The van der Waals surface area contributed by atoms with Crippen molar-refractivity contribution in [2.45, 2.75) is 46.1 Å². The molecular formula is C11H18BrN3. The summed E-state index contributed by atoms with van der Waals surface area (Å²) in [5.41, 5.74) is 0. The molecule has 84 valence electrons. The van der Waals surface area contributed by atoms with Crippen molar-refractivity contribution in [1.82, 2.24) is 9.97 Å². The number of nitrogens with zero attached hydrogens (tertiary/aromatic N) is 2. The highest BCUT2D eigenvalue weighted by Gasteiger charge is 2.04. The Hall–Kier alpha value is -0.640. The van der Waals surface area contributed by atoms with E-state index >= 15 is 0 Å². The molecule has 1 atom stereocenters. The van der Waals surface area contributed by atoms with Crippen LogP contribution in [-0.4, -0.2) is 16.0 Å². The lowest BCUT2D eigenvalue weighted by molar-refractivity contribution is 0.642. The summed E-state index contributed by atoms with van der Waals surface area (Å²) in [6.07, 6.45) is 3.66. The first-order chi connectivity index (χ1) is 7.11. The molecule has 15 heavy (non-hydrogen) atoms. The highest BCUT2D eigenvalue weighted by atomic mass is 79.9. The summed E-state index contributed by atoms with van der Waals surface area (Å²) in [6, 6.07) is 2.38. The second-order valence-corrected chi connectivity index (χ2v) is 4.62. The van der Waals surface area contributed by atoms with Crippen molar-refractivity contribution >= 4 is 21.7 Å². The van der Waals surface area contributed by atoms with Gasteiger partial charge in [-0.05, 0) is 36.2 Å². The number of aromatic nitrogens is 2. The van der Waals surface area contributed by atoms with Gasteiger partial charge in [-0.15, -0.1) is 0 Å². The van der Waals surface area contributed by atoms with Gasteiger partial charge in [0.2, 0.25) is 0 Å². The average molecular weight is 272 g/mol. The smallest absolute Gasteiger partial charge is 0.131 e. The third kappa shape index (κ3) is 4.60. The summed E-state index contributed by atoms with van der Waals surface area (Å²) < 4.78 is 0.834. The van der Waals surface area contributed by atoms with Crippen LogP contribution < -0.4 is 5.32 Å². The number of unbranched alkanes of at least 4 members (excludes halogenated alkanes) is 1. The Kier molecular flexibility index (Phi) is 5.02. The molecule has 0 radical (unpaired) electrons. The summed E-state index contributed by atoms with van der Waals surface area (Å²) in [5, 5.41) is 3.38. The zero-order valence-electron chi connectivity index (χ0n) is 9.55. The number of hydrogen-bond acceptors (Lipinski definition) is 3. The molecule has 1 heterocycles. The maximum absolute atomic E-state index is 4.33. The maximum atomic E-state index is 4.33. The summed E-state index contributed by atoms with van der Waals surface area (Å²) in [5.74, 6) is 1.69. The molecule has 0 aromatic carbocycles. The molecule has 1 unspecified atom stereocenters. The first-order valence-corrected chi connectivity index (χ1v) is 6.19. The van der Waals surface area contributed by atoms with Crippen LogP contribution in [0.5, 0.6) is 0 Å². The van der Waals surface area contributed by atoms with Gasteiger partial charge in [-0.25, -0.2) is 9.97 Å². The predicted octanol–water partition coefficient (Wildman–Crippen LogP) is 3.54. The third-order valence-electron chi connectivity index (χ3n) is 2.19. The number of aryl methyl sites for hydroxylation is 1. The van der Waals surface area contributed by atoms with Gasteiger partial charge in [0.05, 0.1) is 0 Å². The predicted molar refractivity (Wildman–Crippen MR) is 67.1 cm³/mol. The minimum atomic E-state index is 0.464. The van der Waals surface area contributed by atoms with Gasteiger partial charge in [0.1, 0.15) is 16.2 Å². The van der Waals surface area contributed by atoms with Crippen LogP contribution in [0.25, 0.3) is 0 Å². The normalized spacial score (nSPS) is 12.5. The molecule has 0 saturated carbocycles. The second-order valence-electron chi connectivity index (χ2n) is 3.81. The molecule has 0 fully saturated rings. The summed E-state index contributed by atoms with van der Waals surface area (Å²) >= 11 is 3.36. The van der Waals surface area contributed by atoms with E-state index < -0.39 is 0 Å². The Balaban J connectivity index is 2.56. The molecule has 0 aliphatic heterocycles. The van der Waals surface area contributed by atoms with Crippen molar-refractivity contribution in [1.29, 1.82) is 0 Å². The number of hydrogen-bond donors (Lipinski definition) is 1. The topological polar surface area (TPSA) is 37.8 Å². The number of nitrogens with one attached hydrogen (secondary N) is 1. The van der Waals surface area contributed by atoms with Gasteiger partial charge in [0.25, 0.3) is 0 Å². The molecule has 0 aliphatic carbocycles. The van der Waals surface area contributed by atoms with Gasteiger partial charge in [-0.3, -0.25) is 0 Å². The standard InChI is InChI=1S/C11H18BrN3/c1-4-5-6-8(2)13-11-7-10(12)14-9(3)15-11/h7-8H,4-6H2,1-3H3,(H,13,14,15). The van der Waals surface area contributed by atoms with E-state index in [1.54, 1.807) is 0 Å². The molecular weight excluding hydrogens is 254 g/mol. The quantitative estimate of drug-likeness (QED) is 0.833. The van der Waals surface area contributed by atoms with Crippen molar-refractivity contribution in [3.63, 3.8) is 0 Å². The first kappa shape index (κ1) is 12.4. The van der Waals surface area contributed by atoms with Crippen LogP contribution >= 0.6 is 15.9 Å². The van der Waals surface area contributed by atoms with Gasteiger partial charge in [0.15, 0.2) is 0 Å². The SMILES string of the molecule is CCCCC(C)Nc1cc(Br)nc(C)n1. The molecule has 1 aromatic heterocycles. The number of anilines is 1. The summed E-state index contributed by atoms with van der Waals surface area (Å²) in [6.45, 7) is 6.28. The summed E-state index contributed by atoms with van der Waals surface area (Å²) in [4.78, 5) is 8.50. The van der Waals surface area contributed by atoms with Gasteiger partial charge in [-0.1, -0.05) is 19.8 Å². The van der Waals surface area contributed by atoms with E-state index in [4.69, 9.17) is 0 Å². The lowest BCUT2D eigenvalue weighted by Gasteiger charge is -2.14. The van der Waals surface area contributed by atoms with Gasteiger partial charge < -0.3 is 5.32 Å². The fourth-order valence-corrected chi connectivity index (χ4v) is 1.91. The van der Waals surface area contributed by atoms with Crippen molar-refractivity contribution in [3.8, 4) is 0 Å². The van der Waals surface area contributed by atoms with Crippen molar-refractivity contribution in [3.05, 3.63) is 16.5 Å². The van der Waals surface area contributed by atoms with Gasteiger partial charge in [-0.2, -0.15) is 0 Å². The Morgan fingerprint density at radius 2 is 2.20 bits per heavy atom. The number of halogens is 1. The molecule has 0 saturated heterocycles. The van der Waals surface area contributed by atoms with Crippen LogP contribution in [-0.2, 0) is 0 Å². The average Bonchev–Trinajstić information content (AvgIpc) is 2.13. The molecule has 1 aromatic rings. The van der Waals surface area contributed by atoms with Gasteiger partial charge in [0, 0.05) is 12.1 Å². The molecule has 0 aliphatic rings. The molecule has 0 bridgehead atoms. The van der Waals surface area contributed by atoms with E-state index in [1.807, 2.05) is 13.0 Å². The van der Waals surface area contributed by atoms with Crippen molar-refractivity contribution in [2.75, 3.05) is 5.32 Å². The Morgan fingerprint density at radius 3 is 2.80 bits per heavy atom. The largest absolute Gasteiger partial charge is 0.367 e. The minimum Gasteiger partial charge on any atom is -0.367 e. The fraction of sp³-hybridized carbons (Fsp3) is 0.636. The summed E-state index contributed by atoms with van der Waals surface area (Å²) in [7, 11) is 0. The molecule has 0 amide bonds. The van der Waals surface area contributed by atoms with Crippen LogP contribution in [0.2, 0.25) is 0 Å². The Morgan fingerprint density at radius 1 is 1.47 bits per heavy atom. The fourth-order valence-electron chi connectivity index (χ4n) is 1.44. The van der Waals surface area contributed by atoms with E-state index in [0.717, 1.165) is 16.2 Å². The van der Waals surface area contributed by atoms with Gasteiger partial charge >= 0.3 is 0 Å². The zero-order valence-corrected chi connectivity index (χ0v) is 11.1. The van der Waals surface area contributed by atoms with E-state index in [2.05, 4.69) is 45.1 Å². The van der Waals surface area contributed by atoms with Crippen LogP contribution in [0.15, 0.2) is 10.7 Å². The van der Waals surface area contributed by atoms with Crippen molar-refractivity contribution in [2.24, 2.45) is 0 Å². The first-order valence-electron chi connectivity index (χ1n) is 5.39. The van der Waals surface area contributed by atoms with Crippen LogP contribution in [0.1, 0.15) is 38.9 Å². The Bertz CT molecular complexity index is 294. The van der Waals surface area contributed by atoms with E-state index in [1.165, 1.54) is 19.3 Å². The molecule has 1 N–H and O–H groups in total. The van der Waals surface area contributed by atoms with Crippen molar-refractivity contribution < 1.29 is 0 Å². The third-order valence-corrected chi connectivity index (χ3v) is 2.60. The van der Waals surface area contributed by atoms with E-state index in [9.17, 15) is 0 Å². The second kappa shape index (κ2) is 6.05. The van der Waals surface area contributed by atoms with E-state index in [0.29, 0.717) is 6.04 Å². The highest BCUT2D eigenvalue weighted by Crippen LogP contribution is 2.14. The highest BCUT2D eigenvalue weighted by molar-refractivity contribution is 9.10. The molecule has 0 spiro atoms. The minimum absolute atomic E-state index is 0.464. The zero-order chi connectivity index (χ0) is 11.3.